The number of carboxylic acid groups (broad SMARTS) is 1. The topological polar surface area (TPSA) is 107 Å². The summed E-state index contributed by atoms with van der Waals surface area (Å²) < 4.78 is 12.7. The lowest BCUT2D eigenvalue weighted by atomic mass is 10.0. The van der Waals surface area contributed by atoms with Gasteiger partial charge in [0.25, 0.3) is 0 Å². The van der Waals surface area contributed by atoms with Crippen LogP contribution in [0.15, 0.2) is 47.3 Å². The number of aryl methyl sites for hydroxylation is 1. The SMILES string of the molecule is COc1cc(C(=O)O)ccc1Cc1cc(=O)c2cc(NC(=O)OC3CCCC3)ccc2n1C. The summed E-state index contributed by atoms with van der Waals surface area (Å²) in [5, 5.41) is 12.4. The van der Waals surface area contributed by atoms with Crippen LogP contribution in [0, 0.1) is 0 Å². The molecule has 172 valence electrons. The molecule has 3 aromatic rings. The van der Waals surface area contributed by atoms with Gasteiger partial charge in [0.1, 0.15) is 11.9 Å². The molecule has 1 amide bonds. The molecule has 1 aromatic heterocycles. The van der Waals surface area contributed by atoms with Crippen molar-refractivity contribution in [3.05, 3.63) is 69.5 Å². The molecular formula is C25H26N2O6. The predicted molar refractivity (Wildman–Crippen MR) is 124 cm³/mol. The number of aromatic nitrogens is 1. The number of nitrogens with zero attached hydrogens (tertiary/aromatic N) is 1. The highest BCUT2D eigenvalue weighted by molar-refractivity contribution is 5.90. The highest BCUT2D eigenvalue weighted by atomic mass is 16.6. The van der Waals surface area contributed by atoms with Gasteiger partial charge in [0, 0.05) is 41.9 Å². The third kappa shape index (κ3) is 4.84. The lowest BCUT2D eigenvalue weighted by Gasteiger charge is -2.16. The van der Waals surface area contributed by atoms with Crippen molar-refractivity contribution in [1.29, 1.82) is 0 Å². The number of aromatic carboxylic acids is 1. The van der Waals surface area contributed by atoms with Gasteiger partial charge in [-0.2, -0.15) is 0 Å². The number of nitrogens with one attached hydrogen (secondary N) is 1. The summed E-state index contributed by atoms with van der Waals surface area (Å²) in [6.07, 6.45) is 3.76. The fourth-order valence-corrected chi connectivity index (χ4v) is 4.28. The normalized spacial score (nSPS) is 13.8. The molecule has 2 N–H and O–H groups in total. The minimum Gasteiger partial charge on any atom is -0.496 e. The van der Waals surface area contributed by atoms with Gasteiger partial charge >= 0.3 is 12.1 Å². The first kappa shape index (κ1) is 22.4. The van der Waals surface area contributed by atoms with Crippen LogP contribution in [-0.2, 0) is 18.2 Å². The largest absolute Gasteiger partial charge is 0.496 e. The number of methoxy groups -OCH3 is 1. The van der Waals surface area contributed by atoms with Crippen molar-refractivity contribution < 1.29 is 24.2 Å². The molecule has 0 atom stereocenters. The van der Waals surface area contributed by atoms with Gasteiger partial charge in [0.05, 0.1) is 18.2 Å². The average molecular weight is 450 g/mol. The zero-order valence-electron chi connectivity index (χ0n) is 18.6. The first-order chi connectivity index (χ1) is 15.9. The Bertz CT molecular complexity index is 1270. The van der Waals surface area contributed by atoms with Crippen LogP contribution in [0.25, 0.3) is 10.9 Å². The van der Waals surface area contributed by atoms with Crippen molar-refractivity contribution in [2.45, 2.75) is 38.2 Å². The predicted octanol–water partition coefficient (Wildman–Crippen LogP) is 4.33. The number of pyridine rings is 1. The van der Waals surface area contributed by atoms with Crippen LogP contribution in [0.5, 0.6) is 5.75 Å². The van der Waals surface area contributed by atoms with Crippen molar-refractivity contribution in [3.8, 4) is 5.75 Å². The van der Waals surface area contributed by atoms with E-state index in [0.29, 0.717) is 28.8 Å². The van der Waals surface area contributed by atoms with Crippen LogP contribution in [0.3, 0.4) is 0 Å². The highest BCUT2D eigenvalue weighted by Crippen LogP contribution is 2.25. The Kier molecular flexibility index (Phi) is 6.35. The summed E-state index contributed by atoms with van der Waals surface area (Å²) >= 11 is 0. The fourth-order valence-electron chi connectivity index (χ4n) is 4.28. The van der Waals surface area contributed by atoms with E-state index in [0.717, 1.165) is 36.9 Å². The van der Waals surface area contributed by atoms with Crippen LogP contribution >= 0.6 is 0 Å². The molecule has 8 heteroatoms. The van der Waals surface area contributed by atoms with Crippen molar-refractivity contribution in [1.82, 2.24) is 4.57 Å². The third-order valence-electron chi connectivity index (χ3n) is 6.08. The molecule has 1 saturated carbocycles. The van der Waals surface area contributed by atoms with Gasteiger partial charge in [0.2, 0.25) is 0 Å². The van der Waals surface area contributed by atoms with Crippen molar-refractivity contribution in [2.24, 2.45) is 7.05 Å². The summed E-state index contributed by atoms with van der Waals surface area (Å²) in [5.41, 5.74) is 2.69. The van der Waals surface area contributed by atoms with Gasteiger partial charge in [-0.25, -0.2) is 9.59 Å². The van der Waals surface area contributed by atoms with Gasteiger partial charge in [-0.05, 0) is 56.0 Å². The van der Waals surface area contributed by atoms with E-state index in [9.17, 15) is 19.5 Å². The Morgan fingerprint density at radius 1 is 1.12 bits per heavy atom. The number of ether oxygens (including phenoxy) is 2. The molecule has 2 aromatic carbocycles. The van der Waals surface area contributed by atoms with Crippen LogP contribution in [0.4, 0.5) is 10.5 Å². The molecule has 0 radical (unpaired) electrons. The molecule has 0 saturated heterocycles. The number of carbonyl (C=O) groups excluding carboxylic acids is 1. The van der Waals surface area contributed by atoms with Crippen molar-refractivity contribution in [2.75, 3.05) is 12.4 Å². The molecule has 1 fully saturated rings. The first-order valence-corrected chi connectivity index (χ1v) is 10.9. The highest BCUT2D eigenvalue weighted by Gasteiger charge is 2.19. The first-order valence-electron chi connectivity index (χ1n) is 10.9. The molecule has 0 spiro atoms. The Morgan fingerprint density at radius 3 is 2.58 bits per heavy atom. The van der Waals surface area contributed by atoms with E-state index in [1.165, 1.54) is 19.2 Å². The van der Waals surface area contributed by atoms with Crippen LogP contribution in [0.1, 0.15) is 47.3 Å². The van der Waals surface area contributed by atoms with Crippen molar-refractivity contribution >= 4 is 28.7 Å². The van der Waals surface area contributed by atoms with Gasteiger partial charge in [-0.3, -0.25) is 10.1 Å². The number of carboxylic acids is 1. The zero-order chi connectivity index (χ0) is 23.5. The molecule has 1 heterocycles. The van der Waals surface area contributed by atoms with Gasteiger partial charge in [0.15, 0.2) is 5.43 Å². The second-order valence-electron chi connectivity index (χ2n) is 8.24. The number of rotatable bonds is 6. The number of fused-ring (bicyclic) bond motifs is 1. The Balaban J connectivity index is 1.59. The number of carbonyl (C=O) groups is 2. The number of benzene rings is 2. The molecular weight excluding hydrogens is 424 g/mol. The number of hydrogen-bond donors (Lipinski definition) is 2. The minimum atomic E-state index is -1.03. The average Bonchev–Trinajstić information content (AvgIpc) is 3.30. The van der Waals surface area contributed by atoms with E-state index in [2.05, 4.69) is 5.32 Å². The van der Waals surface area contributed by atoms with Crippen LogP contribution < -0.4 is 15.5 Å². The van der Waals surface area contributed by atoms with Crippen LogP contribution in [-0.4, -0.2) is 34.9 Å². The number of amides is 1. The Labute approximate surface area is 190 Å². The van der Waals surface area contributed by atoms with E-state index >= 15 is 0 Å². The lowest BCUT2D eigenvalue weighted by molar-refractivity contribution is 0.0696. The third-order valence-corrected chi connectivity index (χ3v) is 6.08. The summed E-state index contributed by atoms with van der Waals surface area (Å²) in [4.78, 5) is 36.3. The summed E-state index contributed by atoms with van der Waals surface area (Å²) in [7, 11) is 3.34. The fraction of sp³-hybridized carbons (Fsp3) is 0.320. The summed E-state index contributed by atoms with van der Waals surface area (Å²) in [5.74, 6) is -0.586. The maximum absolute atomic E-state index is 12.9. The molecule has 33 heavy (non-hydrogen) atoms. The monoisotopic (exact) mass is 450 g/mol. The quantitative estimate of drug-likeness (QED) is 0.579. The standard InChI is InChI=1S/C25H26N2O6/c1-27-18(11-15-7-8-16(24(29)30)12-23(15)32-2)14-22(28)20-13-17(9-10-21(20)27)26-25(31)33-19-5-3-4-6-19/h7-10,12-14,19H,3-6,11H2,1-2H3,(H,26,31)(H,29,30). The zero-order valence-corrected chi connectivity index (χ0v) is 18.6. The Morgan fingerprint density at radius 2 is 1.88 bits per heavy atom. The van der Waals surface area contributed by atoms with E-state index < -0.39 is 12.1 Å². The molecule has 1 aliphatic carbocycles. The van der Waals surface area contributed by atoms with Crippen molar-refractivity contribution in [3.63, 3.8) is 0 Å². The van der Waals surface area contributed by atoms with Crippen LogP contribution in [0.2, 0.25) is 0 Å². The van der Waals surface area contributed by atoms with Gasteiger partial charge in [-0.1, -0.05) is 6.07 Å². The number of anilines is 1. The van der Waals surface area contributed by atoms with Gasteiger partial charge in [-0.15, -0.1) is 0 Å². The lowest BCUT2D eigenvalue weighted by Crippen LogP contribution is -2.20. The molecule has 0 unspecified atom stereocenters. The second-order valence-corrected chi connectivity index (χ2v) is 8.24. The van der Waals surface area contributed by atoms with E-state index in [-0.39, 0.29) is 17.1 Å². The smallest absolute Gasteiger partial charge is 0.411 e. The van der Waals surface area contributed by atoms with E-state index in [4.69, 9.17) is 9.47 Å². The second kappa shape index (κ2) is 9.36. The van der Waals surface area contributed by atoms with E-state index in [1.54, 1.807) is 30.3 Å². The van der Waals surface area contributed by atoms with Gasteiger partial charge < -0.3 is 19.1 Å². The maximum Gasteiger partial charge on any atom is 0.411 e. The minimum absolute atomic E-state index is 0.0394. The molecule has 0 bridgehead atoms. The molecule has 0 aliphatic heterocycles. The maximum atomic E-state index is 12.9. The molecule has 1 aliphatic rings. The Hall–Kier alpha value is -3.81. The summed E-state index contributed by atoms with van der Waals surface area (Å²) in [6.45, 7) is 0. The molecule has 4 rings (SSSR count). The summed E-state index contributed by atoms with van der Waals surface area (Å²) in [6, 6.07) is 11.4. The molecule has 8 nitrogen and oxygen atoms in total. The number of hydrogen-bond acceptors (Lipinski definition) is 5. The van der Waals surface area contributed by atoms with E-state index in [1.807, 2.05) is 11.6 Å².